The van der Waals surface area contributed by atoms with E-state index in [4.69, 9.17) is 14.2 Å². The zero-order chi connectivity index (χ0) is 26.2. The fourth-order valence-corrected chi connectivity index (χ4v) is 4.64. The highest BCUT2D eigenvalue weighted by molar-refractivity contribution is 7.99. The van der Waals surface area contributed by atoms with E-state index < -0.39 is 24.3 Å². The van der Waals surface area contributed by atoms with Gasteiger partial charge in [0.15, 0.2) is 17.6 Å². The lowest BCUT2D eigenvalue weighted by molar-refractivity contribution is -0.245. The molecule has 4 rings (SSSR count). The molecule has 0 unspecified atom stereocenters. The van der Waals surface area contributed by atoms with E-state index in [-0.39, 0.29) is 18.8 Å². The number of amides is 1. The van der Waals surface area contributed by atoms with Crippen molar-refractivity contribution in [2.45, 2.75) is 56.6 Å². The maximum Gasteiger partial charge on any atom is 0.303 e. The van der Waals surface area contributed by atoms with E-state index in [1.165, 1.54) is 25.6 Å². The molecule has 2 aromatic carbocycles. The minimum absolute atomic E-state index is 0.0174. The van der Waals surface area contributed by atoms with Crippen LogP contribution in [0, 0.1) is 0 Å². The molecule has 9 nitrogen and oxygen atoms in total. The Hall–Kier alpha value is -3.31. The molecule has 1 fully saturated rings. The second-order valence-corrected chi connectivity index (χ2v) is 9.54. The van der Waals surface area contributed by atoms with Gasteiger partial charge in [-0.15, -0.1) is 0 Å². The van der Waals surface area contributed by atoms with Gasteiger partial charge >= 0.3 is 5.97 Å². The van der Waals surface area contributed by atoms with Gasteiger partial charge in [0, 0.05) is 42.7 Å². The van der Waals surface area contributed by atoms with Crippen LogP contribution in [0.25, 0.3) is 0 Å². The van der Waals surface area contributed by atoms with E-state index in [1.54, 1.807) is 30.6 Å². The first-order valence-electron chi connectivity index (χ1n) is 11.9. The van der Waals surface area contributed by atoms with Gasteiger partial charge in [-0.25, -0.2) is 9.97 Å². The van der Waals surface area contributed by atoms with Crippen LogP contribution in [0.4, 0.5) is 5.69 Å². The summed E-state index contributed by atoms with van der Waals surface area (Å²) in [5.41, 5.74) is 3.20. The van der Waals surface area contributed by atoms with Gasteiger partial charge < -0.3 is 24.6 Å². The summed E-state index contributed by atoms with van der Waals surface area (Å²) in [5.74, 6) is -0.284. The number of anilines is 1. The van der Waals surface area contributed by atoms with Crippen molar-refractivity contribution in [2.24, 2.45) is 0 Å². The number of nitrogens with zero attached hydrogens (tertiary/aromatic N) is 2. The van der Waals surface area contributed by atoms with E-state index in [1.807, 2.05) is 36.4 Å². The largest absolute Gasteiger partial charge is 0.453 e. The predicted octanol–water partition coefficient (Wildman–Crippen LogP) is 4.20. The van der Waals surface area contributed by atoms with Gasteiger partial charge in [-0.1, -0.05) is 48.2 Å². The molecule has 194 valence electrons. The smallest absolute Gasteiger partial charge is 0.303 e. The van der Waals surface area contributed by atoms with Crippen molar-refractivity contribution in [1.29, 1.82) is 0 Å². The number of aliphatic hydroxyl groups excluding tert-OH is 1. The highest BCUT2D eigenvalue weighted by Crippen LogP contribution is 2.39. The number of thioether (sulfide) groups is 1. The molecule has 0 saturated carbocycles. The molecule has 2 heterocycles. The van der Waals surface area contributed by atoms with Crippen LogP contribution < -0.4 is 5.32 Å². The summed E-state index contributed by atoms with van der Waals surface area (Å²) in [5, 5.41) is 12.8. The number of carbonyl (C=O) groups is 2. The molecule has 0 radical (unpaired) electrons. The lowest BCUT2D eigenvalue weighted by Crippen LogP contribution is -2.31. The SMILES string of the molecule is CC(=O)O[C@@H](C)C(=O)Nc1ccc([C@@H]2O[C@H](CSc3ncccn3)C[C@H](c3ccc(CO)cc3)O2)cc1. The molecule has 1 saturated heterocycles. The van der Waals surface area contributed by atoms with Crippen molar-refractivity contribution in [3.05, 3.63) is 83.7 Å². The first-order chi connectivity index (χ1) is 17.9. The number of benzene rings is 2. The number of aromatic nitrogens is 2. The quantitative estimate of drug-likeness (QED) is 0.242. The number of hydrogen-bond acceptors (Lipinski definition) is 9. The minimum atomic E-state index is -0.896. The Balaban J connectivity index is 1.47. The predicted molar refractivity (Wildman–Crippen MR) is 137 cm³/mol. The third kappa shape index (κ3) is 7.59. The number of aliphatic hydroxyl groups is 1. The average molecular weight is 524 g/mol. The van der Waals surface area contributed by atoms with Crippen molar-refractivity contribution < 1.29 is 28.9 Å². The van der Waals surface area contributed by atoms with Crippen LogP contribution in [0.5, 0.6) is 0 Å². The summed E-state index contributed by atoms with van der Waals surface area (Å²) in [6.07, 6.45) is 2.22. The molecule has 0 spiro atoms. The Labute approximate surface area is 219 Å². The normalized spacial score (nSPS) is 20.1. The number of hydrogen-bond donors (Lipinski definition) is 2. The van der Waals surface area contributed by atoms with E-state index in [0.29, 0.717) is 23.0 Å². The van der Waals surface area contributed by atoms with E-state index in [2.05, 4.69) is 15.3 Å². The monoisotopic (exact) mass is 523 g/mol. The van der Waals surface area contributed by atoms with Crippen molar-refractivity contribution in [3.8, 4) is 0 Å². The summed E-state index contributed by atoms with van der Waals surface area (Å²) in [6, 6.07) is 16.6. The molecule has 0 aliphatic carbocycles. The van der Waals surface area contributed by atoms with Crippen molar-refractivity contribution in [1.82, 2.24) is 9.97 Å². The topological polar surface area (TPSA) is 120 Å². The highest BCUT2D eigenvalue weighted by Gasteiger charge is 2.32. The van der Waals surface area contributed by atoms with Crippen molar-refractivity contribution in [3.63, 3.8) is 0 Å². The van der Waals surface area contributed by atoms with Crippen LogP contribution in [-0.4, -0.2) is 44.9 Å². The maximum atomic E-state index is 12.2. The highest BCUT2D eigenvalue weighted by atomic mass is 32.2. The molecular formula is C27H29N3O6S. The molecule has 1 aromatic heterocycles. The average Bonchev–Trinajstić information content (AvgIpc) is 2.92. The maximum absolute atomic E-state index is 12.2. The van der Waals surface area contributed by atoms with Gasteiger partial charge in [-0.2, -0.15) is 0 Å². The van der Waals surface area contributed by atoms with Crippen molar-refractivity contribution in [2.75, 3.05) is 11.1 Å². The van der Waals surface area contributed by atoms with Gasteiger partial charge in [-0.05, 0) is 36.2 Å². The number of rotatable bonds is 9. The van der Waals surface area contributed by atoms with Crippen LogP contribution in [0.2, 0.25) is 0 Å². The first-order valence-corrected chi connectivity index (χ1v) is 12.9. The van der Waals surface area contributed by atoms with Gasteiger partial charge in [0.1, 0.15) is 0 Å². The second-order valence-electron chi connectivity index (χ2n) is 8.56. The van der Waals surface area contributed by atoms with Gasteiger partial charge in [0.25, 0.3) is 5.91 Å². The zero-order valence-electron chi connectivity index (χ0n) is 20.6. The molecule has 4 atom stereocenters. The van der Waals surface area contributed by atoms with Crippen LogP contribution in [0.1, 0.15) is 49.4 Å². The van der Waals surface area contributed by atoms with Crippen LogP contribution >= 0.6 is 11.8 Å². The fraction of sp³-hybridized carbons (Fsp3) is 0.333. The standard InChI is InChI=1S/C27H29N3O6S/c1-17(34-18(2)32)25(33)30-22-10-8-21(9-11-22)26-35-23(16-37-27-28-12-3-13-29-27)14-24(36-26)20-6-4-19(15-31)5-7-20/h3-13,17,23-24,26,31H,14-16H2,1-2H3,(H,30,33)/t17-,23-,24+,26+/m0/s1. The van der Waals surface area contributed by atoms with Gasteiger partial charge in [-0.3, -0.25) is 9.59 Å². The molecule has 1 aliphatic rings. The summed E-state index contributed by atoms with van der Waals surface area (Å²) >= 11 is 1.52. The zero-order valence-corrected chi connectivity index (χ0v) is 21.4. The lowest BCUT2D eigenvalue weighted by Gasteiger charge is -2.36. The number of carbonyl (C=O) groups excluding carboxylic acids is 2. The van der Waals surface area contributed by atoms with Crippen molar-refractivity contribution >= 4 is 29.3 Å². The van der Waals surface area contributed by atoms with Crippen LogP contribution in [0.3, 0.4) is 0 Å². The number of ether oxygens (including phenoxy) is 3. The molecule has 1 aliphatic heterocycles. The van der Waals surface area contributed by atoms with Gasteiger partial charge in [0.05, 0.1) is 18.8 Å². The third-order valence-electron chi connectivity index (χ3n) is 5.72. The molecule has 2 N–H and O–H groups in total. The summed E-state index contributed by atoms with van der Waals surface area (Å²) in [6.45, 7) is 2.76. The molecule has 1 amide bonds. The third-order valence-corrected chi connectivity index (χ3v) is 6.73. The summed E-state index contributed by atoms with van der Waals surface area (Å²) in [4.78, 5) is 31.9. The summed E-state index contributed by atoms with van der Waals surface area (Å²) in [7, 11) is 0. The Morgan fingerprint density at radius 3 is 2.41 bits per heavy atom. The van der Waals surface area contributed by atoms with E-state index in [9.17, 15) is 14.7 Å². The molecule has 10 heteroatoms. The number of nitrogens with one attached hydrogen (secondary N) is 1. The minimum Gasteiger partial charge on any atom is -0.453 e. The Morgan fingerprint density at radius 2 is 1.76 bits per heavy atom. The number of esters is 1. The van der Waals surface area contributed by atoms with Gasteiger partial charge in [0.2, 0.25) is 0 Å². The Kier molecular flexibility index (Phi) is 9.24. The first kappa shape index (κ1) is 26.7. The molecular weight excluding hydrogens is 494 g/mol. The van der Waals surface area contributed by atoms with E-state index in [0.717, 1.165) is 16.7 Å². The Morgan fingerprint density at radius 1 is 1.08 bits per heavy atom. The van der Waals surface area contributed by atoms with Crippen LogP contribution in [-0.2, 0) is 30.4 Å². The molecule has 37 heavy (non-hydrogen) atoms. The van der Waals surface area contributed by atoms with Crippen LogP contribution in [0.15, 0.2) is 72.1 Å². The lowest BCUT2D eigenvalue weighted by atomic mass is 10.0. The molecule has 3 aromatic rings. The fourth-order valence-electron chi connectivity index (χ4n) is 3.82. The Bertz CT molecular complexity index is 1180. The summed E-state index contributed by atoms with van der Waals surface area (Å²) < 4.78 is 17.6. The second kappa shape index (κ2) is 12.8. The molecule has 0 bridgehead atoms. The van der Waals surface area contributed by atoms with E-state index >= 15 is 0 Å².